The van der Waals surface area contributed by atoms with Gasteiger partial charge < -0.3 is 20.3 Å². The van der Waals surface area contributed by atoms with Crippen molar-refractivity contribution in [2.45, 2.75) is 13.0 Å². The molecule has 0 bridgehead atoms. The first-order chi connectivity index (χ1) is 17.1. The van der Waals surface area contributed by atoms with Crippen LogP contribution in [-0.4, -0.2) is 18.5 Å². The summed E-state index contributed by atoms with van der Waals surface area (Å²) in [6, 6.07) is 31.4. The number of hydrogen-bond donors (Lipinski definition) is 2. The molecule has 4 aromatic rings. The number of amides is 3. The maximum atomic E-state index is 13.3. The predicted molar refractivity (Wildman–Crippen MR) is 137 cm³/mol. The van der Waals surface area contributed by atoms with Crippen LogP contribution in [0.15, 0.2) is 103 Å². The Labute approximate surface area is 204 Å². The summed E-state index contributed by atoms with van der Waals surface area (Å²) in [7, 11) is 0. The molecule has 174 valence electrons. The maximum absolute atomic E-state index is 13.3. The summed E-state index contributed by atoms with van der Waals surface area (Å²) in [5.41, 5.74) is 3.55. The van der Waals surface area contributed by atoms with Crippen molar-refractivity contribution in [3.8, 4) is 11.5 Å². The van der Waals surface area contributed by atoms with Crippen molar-refractivity contribution < 1.29 is 14.3 Å². The summed E-state index contributed by atoms with van der Waals surface area (Å²) in [5.74, 6) is 0.896. The minimum absolute atomic E-state index is 0.178. The second kappa shape index (κ2) is 9.73. The third-order valence-electron chi connectivity index (χ3n) is 5.95. The number of rotatable bonds is 5. The lowest BCUT2D eigenvalue weighted by molar-refractivity contribution is 0.0988. The summed E-state index contributed by atoms with van der Waals surface area (Å²) in [6.07, 6.45) is 0. The van der Waals surface area contributed by atoms with Crippen LogP contribution in [0.1, 0.15) is 34.5 Å². The number of nitrogens with zero attached hydrogens (tertiary/aromatic N) is 1. The summed E-state index contributed by atoms with van der Waals surface area (Å²) >= 11 is 0. The molecular weight excluding hydrogens is 438 g/mol. The highest BCUT2D eigenvalue weighted by molar-refractivity contribution is 6.10. The van der Waals surface area contributed by atoms with Gasteiger partial charge in [0.1, 0.15) is 5.75 Å². The maximum Gasteiger partial charge on any atom is 0.319 e. The summed E-state index contributed by atoms with van der Waals surface area (Å²) < 4.78 is 6.05. The minimum atomic E-state index is -0.375. The Morgan fingerprint density at radius 2 is 1.46 bits per heavy atom. The number of anilines is 2. The summed E-state index contributed by atoms with van der Waals surface area (Å²) in [5, 5.41) is 5.94. The Balaban J connectivity index is 1.40. The van der Waals surface area contributed by atoms with Crippen LogP contribution in [0.5, 0.6) is 11.5 Å². The van der Waals surface area contributed by atoms with E-state index < -0.39 is 0 Å². The number of benzene rings is 4. The smallest absolute Gasteiger partial charge is 0.319 e. The third-order valence-corrected chi connectivity index (χ3v) is 5.95. The molecule has 0 radical (unpaired) electrons. The van der Waals surface area contributed by atoms with Crippen molar-refractivity contribution in [3.05, 3.63) is 120 Å². The van der Waals surface area contributed by atoms with E-state index in [-0.39, 0.29) is 18.0 Å². The van der Waals surface area contributed by atoms with Crippen molar-refractivity contribution in [1.29, 1.82) is 0 Å². The highest BCUT2D eigenvalue weighted by Gasteiger charge is 2.27. The standard InChI is InChI=1S/C29H25N3O3/c1-2-32-24-15-9-10-16-26(24)35-25-18-17-22(19-23(25)28(32)33)30-29(34)31-27(20-11-5-3-6-12-20)21-13-7-4-8-14-21/h3-19,27H,2H2,1H3,(H2,30,31,34). The lowest BCUT2D eigenvalue weighted by Crippen LogP contribution is -2.33. The fourth-order valence-electron chi connectivity index (χ4n) is 4.27. The first-order valence-corrected chi connectivity index (χ1v) is 11.5. The zero-order chi connectivity index (χ0) is 24.2. The van der Waals surface area contributed by atoms with Crippen LogP contribution < -0.4 is 20.3 Å². The van der Waals surface area contributed by atoms with Crippen molar-refractivity contribution >= 4 is 23.3 Å². The molecule has 0 saturated heterocycles. The zero-order valence-corrected chi connectivity index (χ0v) is 19.3. The van der Waals surface area contributed by atoms with Gasteiger partial charge in [-0.05, 0) is 48.4 Å². The number of carbonyl (C=O) groups is 2. The van der Waals surface area contributed by atoms with Crippen molar-refractivity contribution in [2.24, 2.45) is 0 Å². The molecule has 0 fully saturated rings. The number of ether oxygens (including phenoxy) is 1. The van der Waals surface area contributed by atoms with Gasteiger partial charge in [0.05, 0.1) is 17.3 Å². The average Bonchev–Trinajstić information content (AvgIpc) is 3.01. The highest BCUT2D eigenvalue weighted by atomic mass is 16.5. The van der Waals surface area contributed by atoms with Gasteiger partial charge >= 0.3 is 6.03 Å². The van der Waals surface area contributed by atoms with E-state index in [9.17, 15) is 9.59 Å². The van der Waals surface area contributed by atoms with E-state index in [1.807, 2.05) is 91.9 Å². The van der Waals surface area contributed by atoms with Crippen LogP contribution in [0.4, 0.5) is 16.2 Å². The monoisotopic (exact) mass is 463 g/mol. The molecule has 1 heterocycles. The molecule has 4 aromatic carbocycles. The van der Waals surface area contributed by atoms with E-state index >= 15 is 0 Å². The number of nitrogens with one attached hydrogen (secondary N) is 2. The van der Waals surface area contributed by atoms with Gasteiger partial charge in [-0.2, -0.15) is 0 Å². The van der Waals surface area contributed by atoms with Gasteiger partial charge in [0.25, 0.3) is 5.91 Å². The van der Waals surface area contributed by atoms with Gasteiger partial charge in [-0.1, -0.05) is 72.8 Å². The molecule has 2 N–H and O–H groups in total. The Morgan fingerprint density at radius 3 is 2.11 bits per heavy atom. The predicted octanol–water partition coefficient (Wildman–Crippen LogP) is 6.37. The Morgan fingerprint density at radius 1 is 0.829 bits per heavy atom. The molecule has 0 unspecified atom stereocenters. The largest absolute Gasteiger partial charge is 0.454 e. The fraction of sp³-hybridized carbons (Fsp3) is 0.103. The van der Waals surface area contributed by atoms with Crippen molar-refractivity contribution in [2.75, 3.05) is 16.8 Å². The molecule has 5 rings (SSSR count). The van der Waals surface area contributed by atoms with Crippen LogP contribution in [0.25, 0.3) is 0 Å². The molecule has 0 aromatic heterocycles. The first-order valence-electron chi connectivity index (χ1n) is 11.5. The molecule has 6 nitrogen and oxygen atoms in total. The highest BCUT2D eigenvalue weighted by Crippen LogP contribution is 2.39. The van der Waals surface area contributed by atoms with Gasteiger partial charge in [0.2, 0.25) is 0 Å². The van der Waals surface area contributed by atoms with E-state index in [2.05, 4.69) is 10.6 Å². The molecule has 1 aliphatic rings. The van der Waals surface area contributed by atoms with E-state index in [0.29, 0.717) is 29.3 Å². The van der Waals surface area contributed by atoms with E-state index in [0.717, 1.165) is 16.8 Å². The lowest BCUT2D eigenvalue weighted by atomic mass is 9.99. The minimum Gasteiger partial charge on any atom is -0.454 e. The molecule has 0 saturated carbocycles. The lowest BCUT2D eigenvalue weighted by Gasteiger charge is -2.21. The van der Waals surface area contributed by atoms with E-state index in [4.69, 9.17) is 4.74 Å². The van der Waals surface area contributed by atoms with Gasteiger partial charge in [-0.25, -0.2) is 4.79 Å². The van der Waals surface area contributed by atoms with Crippen LogP contribution in [0.3, 0.4) is 0 Å². The molecule has 0 atom stereocenters. The van der Waals surface area contributed by atoms with Crippen molar-refractivity contribution in [3.63, 3.8) is 0 Å². The molecule has 0 spiro atoms. The average molecular weight is 464 g/mol. The van der Waals surface area contributed by atoms with E-state index in [1.165, 1.54) is 0 Å². The number of fused-ring (bicyclic) bond motifs is 2. The second-order valence-electron chi connectivity index (χ2n) is 8.18. The summed E-state index contributed by atoms with van der Waals surface area (Å²) in [4.78, 5) is 28.0. The topological polar surface area (TPSA) is 70.7 Å². The van der Waals surface area contributed by atoms with Crippen LogP contribution in [0.2, 0.25) is 0 Å². The molecule has 0 aliphatic carbocycles. The van der Waals surface area contributed by atoms with Crippen LogP contribution in [-0.2, 0) is 0 Å². The quantitative estimate of drug-likeness (QED) is 0.361. The van der Waals surface area contributed by atoms with Gasteiger partial charge in [0.15, 0.2) is 5.75 Å². The van der Waals surface area contributed by atoms with Crippen LogP contribution in [0, 0.1) is 0 Å². The van der Waals surface area contributed by atoms with Crippen molar-refractivity contribution in [1.82, 2.24) is 5.32 Å². The molecule has 6 heteroatoms. The number of para-hydroxylation sites is 2. The molecular formula is C29H25N3O3. The number of urea groups is 1. The third kappa shape index (κ3) is 4.59. The SMILES string of the molecule is CCN1C(=O)c2cc(NC(=O)NC(c3ccccc3)c3ccccc3)ccc2Oc2ccccc21. The Kier molecular flexibility index (Phi) is 6.18. The van der Waals surface area contributed by atoms with Gasteiger partial charge in [-0.15, -0.1) is 0 Å². The molecule has 3 amide bonds. The second-order valence-corrected chi connectivity index (χ2v) is 8.18. The number of carbonyl (C=O) groups excluding carboxylic acids is 2. The first kappa shape index (κ1) is 22.2. The Bertz CT molecular complexity index is 1320. The van der Waals surface area contributed by atoms with Crippen LogP contribution >= 0.6 is 0 Å². The summed E-state index contributed by atoms with van der Waals surface area (Å²) in [6.45, 7) is 2.41. The molecule has 1 aliphatic heterocycles. The number of hydrogen-bond acceptors (Lipinski definition) is 3. The zero-order valence-electron chi connectivity index (χ0n) is 19.3. The normalized spacial score (nSPS) is 12.3. The fourth-order valence-corrected chi connectivity index (χ4v) is 4.27. The van der Waals surface area contributed by atoms with E-state index in [1.54, 1.807) is 23.1 Å². The van der Waals surface area contributed by atoms with Gasteiger partial charge in [0, 0.05) is 12.2 Å². The van der Waals surface area contributed by atoms with Gasteiger partial charge in [-0.3, -0.25) is 4.79 Å². The molecule has 35 heavy (non-hydrogen) atoms. The Hall–Kier alpha value is -4.58.